The van der Waals surface area contributed by atoms with E-state index in [2.05, 4.69) is 15.6 Å². The molecule has 1 aromatic rings. The standard InChI is InChI=1S/C16H26N4O.HI/c1-13(2)19-15(21)10-11-17-16(20(3)4)18-12-14-8-6-5-7-9-14;/h5-9,13H,10-12H2,1-4H3,(H,17,18)(H,19,21);1H. The molecule has 0 atom stereocenters. The van der Waals surface area contributed by atoms with Gasteiger partial charge in [0.1, 0.15) is 0 Å². The fourth-order valence-corrected chi connectivity index (χ4v) is 1.79. The number of amides is 1. The van der Waals surface area contributed by atoms with Crippen LogP contribution in [0.1, 0.15) is 25.8 Å². The Morgan fingerprint density at radius 2 is 1.86 bits per heavy atom. The van der Waals surface area contributed by atoms with Gasteiger partial charge in [-0.1, -0.05) is 30.3 Å². The molecule has 0 aliphatic heterocycles. The Hall–Kier alpha value is -1.31. The summed E-state index contributed by atoms with van der Waals surface area (Å²) in [6.07, 6.45) is 0.441. The van der Waals surface area contributed by atoms with Crippen LogP contribution in [0.2, 0.25) is 0 Å². The largest absolute Gasteiger partial charge is 0.356 e. The molecule has 0 spiro atoms. The summed E-state index contributed by atoms with van der Waals surface area (Å²) in [5.74, 6) is 0.842. The Morgan fingerprint density at radius 3 is 2.41 bits per heavy atom. The average Bonchev–Trinajstić information content (AvgIpc) is 2.42. The molecule has 0 radical (unpaired) electrons. The first-order valence-corrected chi connectivity index (χ1v) is 7.28. The van der Waals surface area contributed by atoms with Gasteiger partial charge in [0.05, 0.1) is 6.54 Å². The van der Waals surface area contributed by atoms with Gasteiger partial charge in [0.2, 0.25) is 5.91 Å². The number of nitrogens with one attached hydrogen (secondary N) is 2. The van der Waals surface area contributed by atoms with Crippen LogP contribution in [0.3, 0.4) is 0 Å². The molecule has 1 rings (SSSR count). The fraction of sp³-hybridized carbons (Fsp3) is 0.500. The number of carbonyl (C=O) groups excluding carboxylic acids is 1. The van der Waals surface area contributed by atoms with Crippen LogP contribution in [-0.4, -0.2) is 43.4 Å². The number of benzene rings is 1. The Kier molecular flexibility index (Phi) is 10.6. The number of aliphatic imine (C=N–C) groups is 1. The third-order valence-corrected chi connectivity index (χ3v) is 2.76. The summed E-state index contributed by atoms with van der Waals surface area (Å²) in [5.41, 5.74) is 1.16. The summed E-state index contributed by atoms with van der Waals surface area (Å²) in [6.45, 7) is 5.11. The number of rotatable bonds is 6. The smallest absolute Gasteiger partial charge is 0.221 e. The second-order valence-electron chi connectivity index (χ2n) is 5.42. The SMILES string of the molecule is CC(C)NC(=O)CCNC(=NCc1ccccc1)N(C)C.I. The van der Waals surface area contributed by atoms with Gasteiger partial charge in [-0.15, -0.1) is 24.0 Å². The van der Waals surface area contributed by atoms with Crippen LogP contribution in [0.4, 0.5) is 0 Å². The van der Waals surface area contributed by atoms with Crippen LogP contribution in [0, 0.1) is 0 Å². The van der Waals surface area contributed by atoms with E-state index in [0.29, 0.717) is 19.5 Å². The molecule has 2 N–H and O–H groups in total. The van der Waals surface area contributed by atoms with Crippen molar-refractivity contribution in [3.05, 3.63) is 35.9 Å². The lowest BCUT2D eigenvalue weighted by Gasteiger charge is -2.18. The van der Waals surface area contributed by atoms with E-state index in [-0.39, 0.29) is 35.9 Å². The van der Waals surface area contributed by atoms with Crippen molar-refractivity contribution in [3.8, 4) is 0 Å². The molecule has 0 aliphatic rings. The molecule has 1 amide bonds. The van der Waals surface area contributed by atoms with Crippen molar-refractivity contribution in [1.82, 2.24) is 15.5 Å². The molecule has 0 unspecified atom stereocenters. The minimum absolute atomic E-state index is 0. The van der Waals surface area contributed by atoms with Gasteiger partial charge in [-0.25, -0.2) is 4.99 Å². The monoisotopic (exact) mass is 418 g/mol. The lowest BCUT2D eigenvalue weighted by molar-refractivity contribution is -0.121. The maximum atomic E-state index is 11.6. The summed E-state index contributed by atoms with van der Waals surface area (Å²) in [7, 11) is 3.87. The molecule has 0 saturated heterocycles. The van der Waals surface area contributed by atoms with E-state index in [0.717, 1.165) is 11.5 Å². The number of hydrogen-bond donors (Lipinski definition) is 2. The van der Waals surface area contributed by atoms with Gasteiger partial charge in [-0.3, -0.25) is 4.79 Å². The van der Waals surface area contributed by atoms with Crippen LogP contribution in [-0.2, 0) is 11.3 Å². The number of guanidine groups is 1. The second kappa shape index (κ2) is 11.3. The third-order valence-electron chi connectivity index (χ3n) is 2.76. The zero-order valence-electron chi connectivity index (χ0n) is 13.8. The van der Waals surface area contributed by atoms with Crippen molar-refractivity contribution in [2.24, 2.45) is 4.99 Å². The highest BCUT2D eigenvalue weighted by Gasteiger charge is 2.05. The van der Waals surface area contributed by atoms with Gasteiger partial charge in [0, 0.05) is 33.1 Å². The molecular weight excluding hydrogens is 391 g/mol. The first-order chi connectivity index (χ1) is 9.99. The predicted molar refractivity (Wildman–Crippen MR) is 103 cm³/mol. The molecule has 1 aromatic carbocycles. The molecule has 6 heteroatoms. The molecule has 0 aromatic heterocycles. The molecule has 5 nitrogen and oxygen atoms in total. The van der Waals surface area contributed by atoms with Gasteiger partial charge < -0.3 is 15.5 Å². The Morgan fingerprint density at radius 1 is 1.23 bits per heavy atom. The maximum Gasteiger partial charge on any atom is 0.221 e. The minimum Gasteiger partial charge on any atom is -0.356 e. The Labute approximate surface area is 150 Å². The van der Waals surface area contributed by atoms with E-state index >= 15 is 0 Å². The highest BCUT2D eigenvalue weighted by Crippen LogP contribution is 2.00. The zero-order chi connectivity index (χ0) is 15.7. The molecule has 0 bridgehead atoms. The van der Waals surface area contributed by atoms with Crippen molar-refractivity contribution >= 4 is 35.8 Å². The van der Waals surface area contributed by atoms with Crippen molar-refractivity contribution in [2.45, 2.75) is 32.9 Å². The van der Waals surface area contributed by atoms with E-state index < -0.39 is 0 Å². The summed E-state index contributed by atoms with van der Waals surface area (Å²) >= 11 is 0. The van der Waals surface area contributed by atoms with Crippen LogP contribution in [0.15, 0.2) is 35.3 Å². The van der Waals surface area contributed by atoms with E-state index in [4.69, 9.17) is 0 Å². The van der Waals surface area contributed by atoms with E-state index in [1.165, 1.54) is 0 Å². The van der Waals surface area contributed by atoms with Crippen LogP contribution < -0.4 is 10.6 Å². The molecule has 22 heavy (non-hydrogen) atoms. The predicted octanol–water partition coefficient (Wildman–Crippen LogP) is 2.23. The number of carbonyl (C=O) groups is 1. The first kappa shape index (κ1) is 20.7. The lowest BCUT2D eigenvalue weighted by Crippen LogP contribution is -2.39. The Bertz CT molecular complexity index is 460. The topological polar surface area (TPSA) is 56.7 Å². The molecule has 124 valence electrons. The number of hydrogen-bond acceptors (Lipinski definition) is 2. The van der Waals surface area contributed by atoms with Crippen molar-refractivity contribution in [1.29, 1.82) is 0 Å². The van der Waals surface area contributed by atoms with Crippen molar-refractivity contribution in [3.63, 3.8) is 0 Å². The Balaban J connectivity index is 0.00000441. The normalized spacial score (nSPS) is 10.9. The summed E-state index contributed by atoms with van der Waals surface area (Å²) in [6, 6.07) is 10.3. The lowest BCUT2D eigenvalue weighted by atomic mass is 10.2. The van der Waals surface area contributed by atoms with E-state index in [9.17, 15) is 4.79 Å². The molecule has 0 heterocycles. The van der Waals surface area contributed by atoms with Crippen LogP contribution in [0.25, 0.3) is 0 Å². The number of halogens is 1. The zero-order valence-corrected chi connectivity index (χ0v) is 16.1. The molecule has 0 aliphatic carbocycles. The maximum absolute atomic E-state index is 11.6. The fourth-order valence-electron chi connectivity index (χ4n) is 1.79. The first-order valence-electron chi connectivity index (χ1n) is 7.28. The quantitative estimate of drug-likeness (QED) is 0.423. The van der Waals surface area contributed by atoms with Gasteiger partial charge in [0.15, 0.2) is 5.96 Å². The highest BCUT2D eigenvalue weighted by atomic mass is 127. The molecule has 0 saturated carbocycles. The van der Waals surface area contributed by atoms with E-state index in [1.54, 1.807) is 0 Å². The van der Waals surface area contributed by atoms with Gasteiger partial charge in [0.25, 0.3) is 0 Å². The van der Waals surface area contributed by atoms with E-state index in [1.807, 2.05) is 63.2 Å². The van der Waals surface area contributed by atoms with Crippen LogP contribution in [0.5, 0.6) is 0 Å². The minimum atomic E-state index is 0. The average molecular weight is 418 g/mol. The third kappa shape index (κ3) is 8.86. The van der Waals surface area contributed by atoms with Crippen LogP contribution >= 0.6 is 24.0 Å². The summed E-state index contributed by atoms with van der Waals surface area (Å²) in [5, 5.41) is 6.08. The summed E-state index contributed by atoms with van der Waals surface area (Å²) in [4.78, 5) is 18.1. The van der Waals surface area contributed by atoms with Crippen molar-refractivity contribution in [2.75, 3.05) is 20.6 Å². The van der Waals surface area contributed by atoms with Gasteiger partial charge in [-0.05, 0) is 19.4 Å². The molecular formula is C16H27IN4O. The van der Waals surface area contributed by atoms with Gasteiger partial charge >= 0.3 is 0 Å². The van der Waals surface area contributed by atoms with Gasteiger partial charge in [-0.2, -0.15) is 0 Å². The molecule has 0 fully saturated rings. The second-order valence-corrected chi connectivity index (χ2v) is 5.42. The van der Waals surface area contributed by atoms with Crippen molar-refractivity contribution < 1.29 is 4.79 Å². The number of nitrogens with zero attached hydrogens (tertiary/aromatic N) is 2. The summed E-state index contributed by atoms with van der Waals surface area (Å²) < 4.78 is 0. The highest BCUT2D eigenvalue weighted by molar-refractivity contribution is 14.0.